The minimum Gasteiger partial charge on any atom is -0.468 e. The molecule has 0 unspecified atom stereocenters. The quantitative estimate of drug-likeness (QED) is 0.538. The van der Waals surface area contributed by atoms with E-state index in [0.29, 0.717) is 15.6 Å². The Morgan fingerprint density at radius 1 is 1.05 bits per heavy atom. The van der Waals surface area contributed by atoms with Crippen LogP contribution in [0.4, 0.5) is 0 Å². The molecule has 1 aromatic rings. The first-order chi connectivity index (χ1) is 9.99. The molecule has 0 radical (unpaired) electrons. The van der Waals surface area contributed by atoms with Crippen molar-refractivity contribution in [1.82, 2.24) is 0 Å². The van der Waals surface area contributed by atoms with Gasteiger partial charge in [-0.1, -0.05) is 29.3 Å². The zero-order valence-electron chi connectivity index (χ0n) is 11.4. The summed E-state index contributed by atoms with van der Waals surface area (Å²) < 4.78 is 8.96. The summed E-state index contributed by atoms with van der Waals surface area (Å²) in [6.45, 7) is 0. The van der Waals surface area contributed by atoms with Crippen molar-refractivity contribution in [3.63, 3.8) is 0 Å². The van der Waals surface area contributed by atoms with Crippen LogP contribution in [-0.2, 0) is 19.1 Å². The van der Waals surface area contributed by atoms with E-state index in [1.165, 1.54) is 37.7 Å². The summed E-state index contributed by atoms with van der Waals surface area (Å²) >= 11 is 15.0. The normalized spacial score (nSPS) is 10.5. The van der Waals surface area contributed by atoms with Gasteiger partial charge < -0.3 is 9.47 Å². The average Bonchev–Trinajstić information content (AvgIpc) is 2.48. The Morgan fingerprint density at radius 3 is 1.86 bits per heavy atom. The summed E-state index contributed by atoms with van der Waals surface area (Å²) in [4.78, 5) is 22.6. The Kier molecular flexibility index (Phi) is 8.33. The van der Waals surface area contributed by atoms with Crippen LogP contribution in [0.2, 0.25) is 10.0 Å². The predicted octanol–water partition coefficient (Wildman–Crippen LogP) is 3.80. The van der Waals surface area contributed by atoms with Crippen molar-refractivity contribution in [2.75, 3.05) is 25.7 Å². The Balaban J connectivity index is 2.89. The first-order valence-electron chi connectivity index (χ1n) is 5.80. The van der Waals surface area contributed by atoms with Gasteiger partial charge in [-0.2, -0.15) is 0 Å². The van der Waals surface area contributed by atoms with Gasteiger partial charge in [0.15, 0.2) is 0 Å². The highest BCUT2D eigenvalue weighted by Crippen LogP contribution is 2.45. The number of carbonyl (C=O) groups excluding carboxylic acids is 2. The first-order valence-corrected chi connectivity index (χ1v) is 8.65. The number of halogens is 2. The molecule has 21 heavy (non-hydrogen) atoms. The monoisotopic (exact) mass is 368 g/mol. The molecule has 8 heteroatoms. The molecule has 0 fully saturated rings. The fraction of sp³-hybridized carbons (Fsp3) is 0.385. The van der Waals surface area contributed by atoms with E-state index in [9.17, 15) is 9.59 Å². The Labute approximate surface area is 141 Å². The number of ether oxygens (including phenoxy) is 2. The van der Waals surface area contributed by atoms with E-state index in [4.69, 9.17) is 23.2 Å². The molecule has 1 rings (SSSR count). The number of methoxy groups -OCH3 is 2. The topological polar surface area (TPSA) is 52.6 Å². The summed E-state index contributed by atoms with van der Waals surface area (Å²) in [5.41, 5.74) is 0.684. The van der Waals surface area contributed by atoms with E-state index >= 15 is 0 Å². The van der Waals surface area contributed by atoms with Crippen LogP contribution in [0.25, 0.3) is 0 Å². The molecule has 0 aliphatic carbocycles. The molecule has 0 amide bonds. The molecule has 0 bridgehead atoms. The van der Waals surface area contributed by atoms with Crippen LogP contribution in [0, 0.1) is 0 Å². The fourth-order valence-electron chi connectivity index (χ4n) is 1.36. The molecule has 0 atom stereocenters. The zero-order valence-corrected chi connectivity index (χ0v) is 14.6. The molecule has 0 aromatic heterocycles. The molecular formula is C13H14Cl2O4S2. The highest BCUT2D eigenvalue weighted by Gasteiger charge is 2.22. The van der Waals surface area contributed by atoms with Crippen LogP contribution in [0.5, 0.6) is 0 Å². The maximum absolute atomic E-state index is 11.3. The average molecular weight is 369 g/mol. The number of benzene rings is 1. The van der Waals surface area contributed by atoms with E-state index in [2.05, 4.69) is 9.47 Å². The molecule has 0 N–H and O–H groups in total. The number of rotatable bonds is 7. The van der Waals surface area contributed by atoms with Gasteiger partial charge in [0, 0.05) is 15.6 Å². The second kappa shape index (κ2) is 9.46. The number of carbonyl (C=O) groups is 2. The van der Waals surface area contributed by atoms with Gasteiger partial charge in [-0.3, -0.25) is 9.59 Å². The number of esters is 2. The predicted molar refractivity (Wildman–Crippen MR) is 88.2 cm³/mol. The minimum atomic E-state index is -0.355. The number of hydrogen-bond acceptors (Lipinski definition) is 6. The lowest BCUT2D eigenvalue weighted by atomic mass is 10.2. The van der Waals surface area contributed by atoms with Crippen LogP contribution in [-0.4, -0.2) is 37.7 Å². The van der Waals surface area contributed by atoms with Gasteiger partial charge in [-0.05, 0) is 12.1 Å². The second-order valence-electron chi connectivity index (χ2n) is 3.74. The van der Waals surface area contributed by atoms with E-state index in [1.807, 2.05) is 0 Å². The van der Waals surface area contributed by atoms with Gasteiger partial charge in [0.05, 0.1) is 30.3 Å². The second-order valence-corrected chi connectivity index (χ2v) is 7.04. The zero-order chi connectivity index (χ0) is 15.8. The minimum absolute atomic E-state index is 0.136. The SMILES string of the molecule is COC(=O)CSC(SCC(=O)OC)c1c(Cl)cccc1Cl. The van der Waals surface area contributed by atoms with Gasteiger partial charge in [0.2, 0.25) is 0 Å². The Morgan fingerprint density at radius 2 is 1.48 bits per heavy atom. The summed E-state index contributed by atoms with van der Waals surface area (Å²) in [5.74, 6) is -0.438. The van der Waals surface area contributed by atoms with Crippen LogP contribution >= 0.6 is 46.7 Å². The van der Waals surface area contributed by atoms with Crippen molar-refractivity contribution < 1.29 is 19.1 Å². The van der Waals surface area contributed by atoms with Gasteiger partial charge in [0.1, 0.15) is 0 Å². The molecule has 0 saturated carbocycles. The molecule has 1 aromatic carbocycles. The highest BCUT2D eigenvalue weighted by molar-refractivity contribution is 8.16. The van der Waals surface area contributed by atoms with Crippen LogP contribution in [0.3, 0.4) is 0 Å². The van der Waals surface area contributed by atoms with Crippen LogP contribution in [0.15, 0.2) is 18.2 Å². The third kappa shape index (κ3) is 5.98. The highest BCUT2D eigenvalue weighted by atomic mass is 35.5. The van der Waals surface area contributed by atoms with E-state index < -0.39 is 0 Å². The summed E-state index contributed by atoms with van der Waals surface area (Å²) in [6.07, 6.45) is 0. The lowest BCUT2D eigenvalue weighted by molar-refractivity contribution is -0.138. The van der Waals surface area contributed by atoms with Crippen molar-refractivity contribution >= 4 is 58.7 Å². The summed E-state index contributed by atoms with van der Waals surface area (Å²) in [7, 11) is 2.64. The maximum Gasteiger partial charge on any atom is 0.315 e. The van der Waals surface area contributed by atoms with Gasteiger partial charge in [0.25, 0.3) is 0 Å². The van der Waals surface area contributed by atoms with E-state index in [0.717, 1.165) is 0 Å². The molecule has 0 spiro atoms. The molecule has 0 heterocycles. The van der Waals surface area contributed by atoms with Crippen molar-refractivity contribution in [1.29, 1.82) is 0 Å². The maximum atomic E-state index is 11.3. The third-order valence-electron chi connectivity index (χ3n) is 2.40. The van der Waals surface area contributed by atoms with Crippen molar-refractivity contribution in [2.24, 2.45) is 0 Å². The molecule has 0 aliphatic heterocycles. The van der Waals surface area contributed by atoms with Crippen molar-refractivity contribution in [2.45, 2.75) is 4.58 Å². The Hall–Kier alpha value is -0.560. The standard InChI is InChI=1S/C13H14Cl2O4S2/c1-18-10(16)6-20-13(21-7-11(17)19-2)12-8(14)4-3-5-9(12)15/h3-5,13H,6-7H2,1-2H3. The molecule has 0 saturated heterocycles. The van der Waals surface area contributed by atoms with Crippen molar-refractivity contribution in [3.8, 4) is 0 Å². The number of thioether (sulfide) groups is 2. The largest absolute Gasteiger partial charge is 0.468 e. The smallest absolute Gasteiger partial charge is 0.315 e. The van der Waals surface area contributed by atoms with Gasteiger partial charge >= 0.3 is 11.9 Å². The summed E-state index contributed by atoms with van der Waals surface area (Å²) in [6, 6.07) is 5.17. The van der Waals surface area contributed by atoms with Crippen LogP contribution < -0.4 is 0 Å². The lowest BCUT2D eigenvalue weighted by Gasteiger charge is -2.18. The molecule has 116 valence electrons. The van der Waals surface area contributed by atoms with Crippen molar-refractivity contribution in [3.05, 3.63) is 33.8 Å². The first kappa shape index (κ1) is 18.5. The molecular weight excluding hydrogens is 355 g/mol. The fourth-order valence-corrected chi connectivity index (χ4v) is 4.68. The molecule has 0 aliphatic rings. The van der Waals surface area contributed by atoms with Gasteiger partial charge in [-0.25, -0.2) is 0 Å². The lowest BCUT2D eigenvalue weighted by Crippen LogP contribution is -2.08. The van der Waals surface area contributed by atoms with E-state index in [-0.39, 0.29) is 28.0 Å². The third-order valence-corrected chi connectivity index (χ3v) is 5.75. The molecule has 4 nitrogen and oxygen atoms in total. The Bertz CT molecular complexity index is 471. The van der Waals surface area contributed by atoms with Crippen LogP contribution in [0.1, 0.15) is 10.1 Å². The van der Waals surface area contributed by atoms with Gasteiger partial charge in [-0.15, -0.1) is 23.5 Å². The summed E-state index contributed by atoms with van der Waals surface area (Å²) in [5, 5.41) is 0.976. The van der Waals surface area contributed by atoms with E-state index in [1.54, 1.807) is 18.2 Å². The number of hydrogen-bond donors (Lipinski definition) is 0.